The van der Waals surface area contributed by atoms with E-state index < -0.39 is 12.2 Å². The van der Waals surface area contributed by atoms with Crippen molar-refractivity contribution in [1.82, 2.24) is 0 Å². The van der Waals surface area contributed by atoms with Crippen molar-refractivity contribution in [1.29, 1.82) is 0 Å². The summed E-state index contributed by atoms with van der Waals surface area (Å²) in [4.78, 5) is 0. The van der Waals surface area contributed by atoms with Gasteiger partial charge < -0.3 is 14.9 Å². The maximum absolute atomic E-state index is 10.1. The van der Waals surface area contributed by atoms with Crippen LogP contribution in [-0.2, 0) is 25.8 Å². The molecule has 0 saturated heterocycles. The van der Waals surface area contributed by atoms with Crippen molar-refractivity contribution >= 4 is 0 Å². The molecule has 0 fully saturated rings. The third-order valence-electron chi connectivity index (χ3n) is 2.96. The Balaban J connectivity index is 0.00000200. The van der Waals surface area contributed by atoms with Crippen LogP contribution in [0.15, 0.2) is 54.6 Å². The topological polar surface area (TPSA) is 49.7 Å². The van der Waals surface area contributed by atoms with Crippen molar-refractivity contribution in [2.45, 2.75) is 12.2 Å². The minimum atomic E-state index is -0.818. The fourth-order valence-corrected chi connectivity index (χ4v) is 1.85. The second kappa shape index (κ2) is 8.35. The van der Waals surface area contributed by atoms with E-state index >= 15 is 0 Å². The predicted octanol–water partition coefficient (Wildman–Crippen LogP) is 2.66. The number of aliphatic hydroxyl groups excluding tert-OH is 2. The summed E-state index contributed by atoms with van der Waals surface area (Å²) in [5.41, 5.74) is 1.48. The van der Waals surface area contributed by atoms with E-state index in [4.69, 9.17) is 4.74 Å². The summed E-state index contributed by atoms with van der Waals surface area (Å²) >= 11 is 0. The van der Waals surface area contributed by atoms with E-state index in [9.17, 15) is 10.2 Å². The molecule has 2 N–H and O–H groups in total. The maximum Gasteiger partial charge on any atom is 0.118 e. The molecule has 0 aliphatic heterocycles. The van der Waals surface area contributed by atoms with Crippen LogP contribution in [-0.4, -0.2) is 17.3 Å². The van der Waals surface area contributed by atoms with Gasteiger partial charge in [-0.25, -0.2) is 0 Å². The van der Waals surface area contributed by atoms with Crippen LogP contribution in [0.2, 0.25) is 0 Å². The van der Waals surface area contributed by atoms with Gasteiger partial charge in [-0.15, -0.1) is 0 Å². The second-order valence-corrected chi connectivity index (χ2v) is 4.27. The molecule has 0 heterocycles. The van der Waals surface area contributed by atoms with Crippen LogP contribution in [0.3, 0.4) is 0 Å². The van der Waals surface area contributed by atoms with E-state index in [-0.39, 0.29) is 25.8 Å². The van der Waals surface area contributed by atoms with Crippen LogP contribution in [0.1, 0.15) is 23.3 Å². The molecule has 0 amide bonds. The summed E-state index contributed by atoms with van der Waals surface area (Å²) in [6, 6.07) is 16.3. The third kappa shape index (κ3) is 4.54. The molecule has 0 aliphatic rings. The van der Waals surface area contributed by atoms with Gasteiger partial charge in [-0.2, -0.15) is 0 Å². The van der Waals surface area contributed by atoms with Crippen molar-refractivity contribution in [2.24, 2.45) is 0 Å². The van der Waals surface area contributed by atoms with E-state index in [1.807, 2.05) is 30.3 Å². The molecule has 3 nitrogen and oxygen atoms in total. The van der Waals surface area contributed by atoms with Crippen LogP contribution in [0.5, 0.6) is 5.75 Å². The molecule has 0 aliphatic carbocycles. The van der Waals surface area contributed by atoms with Crippen LogP contribution in [0.4, 0.5) is 0 Å². The Morgan fingerprint density at radius 2 is 1.35 bits per heavy atom. The van der Waals surface area contributed by atoms with Gasteiger partial charge in [0.05, 0.1) is 19.3 Å². The van der Waals surface area contributed by atoms with Crippen molar-refractivity contribution in [3.05, 3.63) is 72.1 Å². The summed E-state index contributed by atoms with van der Waals surface area (Å²) in [7, 11) is 1.59. The molecule has 0 saturated carbocycles. The molecule has 0 bridgehead atoms. The molecule has 2 rings (SSSR count). The number of aliphatic hydroxyl groups is 2. The molecule has 0 aromatic heterocycles. The van der Waals surface area contributed by atoms with Crippen LogP contribution in [0.25, 0.3) is 0 Å². The van der Waals surface area contributed by atoms with E-state index in [0.29, 0.717) is 0 Å². The van der Waals surface area contributed by atoms with Gasteiger partial charge in [-0.1, -0.05) is 42.5 Å². The Bertz CT molecular complexity index is 499. The first kappa shape index (κ1) is 17.1. The largest absolute Gasteiger partial charge is 0.497 e. The Labute approximate surface area is 138 Å². The van der Waals surface area contributed by atoms with Gasteiger partial charge in [0, 0.05) is 32.3 Å². The molecule has 4 heteroatoms. The minimum Gasteiger partial charge on any atom is -0.497 e. The zero-order valence-corrected chi connectivity index (χ0v) is 13.1. The van der Waals surface area contributed by atoms with E-state index in [1.165, 1.54) is 6.42 Å². The average Bonchev–Trinajstić information content (AvgIpc) is 2.48. The molecule has 2 radical (unpaired) electrons. The summed E-state index contributed by atoms with van der Waals surface area (Å²) in [6.07, 6.45) is -0.114. The van der Waals surface area contributed by atoms with Crippen LogP contribution >= 0.6 is 0 Å². The Hall–Kier alpha value is -0.970. The van der Waals surface area contributed by atoms with E-state index in [1.54, 1.807) is 31.4 Å². The molecule has 102 valence electrons. The number of ether oxygens (including phenoxy) is 1. The molecule has 20 heavy (non-hydrogen) atoms. The van der Waals surface area contributed by atoms with Crippen molar-refractivity contribution in [3.8, 4) is 5.75 Å². The fourth-order valence-electron chi connectivity index (χ4n) is 1.85. The van der Waals surface area contributed by atoms with Gasteiger partial charge in [0.2, 0.25) is 0 Å². The van der Waals surface area contributed by atoms with Gasteiger partial charge >= 0.3 is 0 Å². The predicted molar refractivity (Wildman–Crippen MR) is 73.7 cm³/mol. The van der Waals surface area contributed by atoms with E-state index in [2.05, 4.69) is 0 Å². The number of hydrogen-bond donors (Lipinski definition) is 2. The fraction of sp³-hybridized carbons (Fsp3) is 0.188. The van der Waals surface area contributed by atoms with Crippen molar-refractivity contribution in [3.63, 3.8) is 0 Å². The van der Waals surface area contributed by atoms with Gasteiger partial charge in [0.25, 0.3) is 0 Å². The van der Waals surface area contributed by atoms with Gasteiger partial charge in [0.1, 0.15) is 5.75 Å². The maximum atomic E-state index is 10.1. The molecule has 2 aromatic rings. The zero-order chi connectivity index (χ0) is 13.7. The number of benzene rings is 2. The average molecular weight is 302 g/mol. The Kier molecular flexibility index (Phi) is 7.13. The third-order valence-corrected chi connectivity index (χ3v) is 2.96. The summed E-state index contributed by atoms with van der Waals surface area (Å²) in [5, 5.41) is 20.1. The number of methoxy groups -OCH3 is 1. The summed E-state index contributed by atoms with van der Waals surface area (Å²) < 4.78 is 5.06. The minimum absolute atomic E-state index is 0. The van der Waals surface area contributed by atoms with Gasteiger partial charge in [0.15, 0.2) is 0 Å². The smallest absolute Gasteiger partial charge is 0.118 e. The Morgan fingerprint density at radius 1 is 0.850 bits per heavy atom. The molecule has 2 aromatic carbocycles. The first-order valence-electron chi connectivity index (χ1n) is 6.10. The van der Waals surface area contributed by atoms with Crippen molar-refractivity contribution < 1.29 is 40.8 Å². The normalized spacial score (nSPS) is 13.2. The van der Waals surface area contributed by atoms with Crippen molar-refractivity contribution in [2.75, 3.05) is 7.11 Å². The SMILES string of the molecule is COc1ccc(C(O)[CH]C(O)c2ccccc2)cc1.[Sc]. The van der Waals surface area contributed by atoms with Crippen LogP contribution in [0, 0.1) is 6.42 Å². The monoisotopic (exact) mass is 302 g/mol. The standard InChI is InChI=1S/C16H17O3.Sc/c1-19-14-9-7-13(8-10-14)16(18)11-15(17)12-5-3-2-4-6-12;/h2-11,15-18H,1H3;. The van der Waals surface area contributed by atoms with Gasteiger partial charge in [-0.05, 0) is 23.3 Å². The molecular weight excluding hydrogens is 285 g/mol. The molecule has 2 atom stereocenters. The quantitative estimate of drug-likeness (QED) is 0.893. The molecular formula is C16H17O3Sc. The molecule has 2 unspecified atom stereocenters. The zero-order valence-electron chi connectivity index (χ0n) is 11.3. The van der Waals surface area contributed by atoms with E-state index in [0.717, 1.165) is 16.9 Å². The second-order valence-electron chi connectivity index (χ2n) is 4.27. The number of rotatable bonds is 5. The first-order valence-corrected chi connectivity index (χ1v) is 6.10. The summed E-state index contributed by atoms with van der Waals surface area (Å²) in [6.45, 7) is 0. The summed E-state index contributed by atoms with van der Waals surface area (Å²) in [5.74, 6) is 0.736. The Morgan fingerprint density at radius 3 is 1.85 bits per heavy atom. The van der Waals surface area contributed by atoms with Gasteiger partial charge in [-0.3, -0.25) is 0 Å². The first-order chi connectivity index (χ1) is 9.20. The number of hydrogen-bond acceptors (Lipinski definition) is 3. The molecule has 0 spiro atoms. The van der Waals surface area contributed by atoms with Crippen LogP contribution < -0.4 is 4.74 Å².